The Labute approximate surface area is 334 Å². The van der Waals surface area contributed by atoms with Crippen molar-refractivity contribution in [2.45, 2.75) is 5.41 Å². The summed E-state index contributed by atoms with van der Waals surface area (Å²) in [5, 5.41) is 5.19. The summed E-state index contributed by atoms with van der Waals surface area (Å²) in [6, 6.07) is 71.2. The molecular weight excluding hydrogens is 707 g/mol. The Morgan fingerprint density at radius 1 is 0.439 bits per heavy atom. The number of anilines is 5. The van der Waals surface area contributed by atoms with E-state index < -0.39 is 5.41 Å². The van der Waals surface area contributed by atoms with Crippen molar-refractivity contribution >= 4 is 88.5 Å². The van der Waals surface area contributed by atoms with Gasteiger partial charge in [0.05, 0.1) is 15.8 Å². The molecule has 0 amide bonds. The predicted molar refractivity (Wildman–Crippen MR) is 241 cm³/mol. The number of benzene rings is 9. The van der Waals surface area contributed by atoms with Crippen molar-refractivity contribution < 1.29 is 0 Å². The van der Waals surface area contributed by atoms with Gasteiger partial charge < -0.3 is 9.71 Å². The fraction of sp³-hybridized carbons (Fsp3) is 0.0189. The monoisotopic (exact) mass is 738 g/mol. The molecule has 262 valence electrons. The normalized spacial score (nSPS) is 14.7. The summed E-state index contributed by atoms with van der Waals surface area (Å²) in [7, 11) is 0. The smallest absolute Gasteiger partial charge is 0.333 e. The first kappa shape index (κ1) is 30.4. The Hall–Kier alpha value is -6.88. The molecule has 57 heavy (non-hydrogen) atoms. The van der Waals surface area contributed by atoms with E-state index in [2.05, 4.69) is 198 Å². The van der Waals surface area contributed by atoms with Gasteiger partial charge >= 0.3 is 6.85 Å². The lowest BCUT2D eigenvalue weighted by atomic mass is 9.42. The van der Waals surface area contributed by atoms with Crippen LogP contribution >= 0.6 is 11.3 Å². The van der Waals surface area contributed by atoms with Crippen LogP contribution in [0, 0.1) is 0 Å². The van der Waals surface area contributed by atoms with E-state index in [-0.39, 0.29) is 6.85 Å². The maximum atomic E-state index is 2.70. The van der Waals surface area contributed by atoms with E-state index >= 15 is 0 Å². The van der Waals surface area contributed by atoms with E-state index in [1.165, 1.54) is 115 Å². The van der Waals surface area contributed by atoms with Gasteiger partial charge in [-0.2, -0.15) is 0 Å². The van der Waals surface area contributed by atoms with Gasteiger partial charge in [-0.25, -0.2) is 0 Å². The van der Waals surface area contributed by atoms with Crippen LogP contribution < -0.4 is 20.6 Å². The molecule has 9 aromatic carbocycles. The van der Waals surface area contributed by atoms with Gasteiger partial charge in [-0.3, -0.25) is 0 Å². The van der Waals surface area contributed by atoms with Crippen LogP contribution in [0.4, 0.5) is 28.4 Å². The van der Waals surface area contributed by atoms with E-state index in [1.54, 1.807) is 0 Å². The molecule has 0 N–H and O–H groups in total. The number of para-hydroxylation sites is 3. The minimum Gasteiger partial charge on any atom is -0.375 e. The maximum absolute atomic E-state index is 2.70. The molecular formula is C53H31BN2S. The summed E-state index contributed by atoms with van der Waals surface area (Å²) in [6.45, 7) is -0.0780. The topological polar surface area (TPSA) is 6.48 Å². The molecule has 0 fully saturated rings. The Morgan fingerprint density at radius 2 is 1.04 bits per heavy atom. The molecule has 1 aromatic heterocycles. The summed E-state index contributed by atoms with van der Waals surface area (Å²) in [5.74, 6) is 0. The fourth-order valence-corrected chi connectivity index (χ4v) is 12.6. The van der Waals surface area contributed by atoms with Crippen LogP contribution in [-0.4, -0.2) is 6.85 Å². The third-order valence-electron chi connectivity index (χ3n) is 13.4. The van der Waals surface area contributed by atoms with Crippen LogP contribution in [0.2, 0.25) is 0 Å². The zero-order valence-corrected chi connectivity index (χ0v) is 31.6. The zero-order valence-electron chi connectivity index (χ0n) is 30.8. The average Bonchev–Trinajstić information content (AvgIpc) is 3.80. The van der Waals surface area contributed by atoms with Crippen molar-refractivity contribution in [1.29, 1.82) is 0 Å². The lowest BCUT2D eigenvalue weighted by Crippen LogP contribution is -2.62. The highest BCUT2D eigenvalue weighted by molar-refractivity contribution is 7.26. The number of fused-ring (bicyclic) bond motifs is 18. The molecule has 0 bridgehead atoms. The fourth-order valence-electron chi connectivity index (χ4n) is 11.4. The minimum absolute atomic E-state index is 0.0780. The first-order valence-electron chi connectivity index (χ1n) is 19.9. The lowest BCUT2D eigenvalue weighted by Gasteiger charge is -2.51. The van der Waals surface area contributed by atoms with Gasteiger partial charge in [-0.05, 0) is 91.0 Å². The zero-order chi connectivity index (χ0) is 37.0. The predicted octanol–water partition coefficient (Wildman–Crippen LogP) is 12.6. The Balaban J connectivity index is 1.17. The lowest BCUT2D eigenvalue weighted by molar-refractivity contribution is 0.753. The highest BCUT2D eigenvalue weighted by Gasteiger charge is 2.55. The summed E-state index contributed by atoms with van der Waals surface area (Å²) >= 11 is 1.91. The van der Waals surface area contributed by atoms with Gasteiger partial charge in [0.15, 0.2) is 0 Å². The van der Waals surface area contributed by atoms with Crippen molar-refractivity contribution in [3.63, 3.8) is 0 Å². The second-order valence-electron chi connectivity index (χ2n) is 15.9. The SMILES string of the molecule is c1ccc2c(c1)-c1c3c(cc4ccccc14)N1c4ccccc4C4(c5ccccc5-c5ccccc54)c4cccc(c41)B3N2c1cccc2c1sc1ccccc12. The summed E-state index contributed by atoms with van der Waals surface area (Å²) < 4.78 is 2.65. The molecule has 14 rings (SSSR count). The average molecular weight is 739 g/mol. The first-order chi connectivity index (χ1) is 28.3. The van der Waals surface area contributed by atoms with Crippen LogP contribution in [0.3, 0.4) is 0 Å². The molecule has 1 spiro atoms. The van der Waals surface area contributed by atoms with Crippen molar-refractivity contribution in [3.8, 4) is 22.3 Å². The molecule has 0 atom stereocenters. The Kier molecular flexibility index (Phi) is 5.70. The van der Waals surface area contributed by atoms with Gasteiger partial charge in [0.25, 0.3) is 0 Å². The third kappa shape index (κ3) is 3.56. The number of hydrogen-bond acceptors (Lipinski definition) is 3. The standard InChI is InChI=1S/C53H31BN2S/c1-2-16-33-32(15-1)31-47-50-49(33)38-20-5-10-27-44(38)56(46-29-13-21-37-36-19-6-12-30-48(36)57-52(37)46)54(50)43-26-14-25-42-51(43)55(47)45-28-11-9-24-41(45)53(42)39-22-7-3-17-34(39)35-18-4-8-23-40(35)53/h1-31H. The minimum atomic E-state index is -0.480. The molecule has 4 heteroatoms. The maximum Gasteiger partial charge on any atom is 0.333 e. The molecule has 4 aliphatic rings. The summed E-state index contributed by atoms with van der Waals surface area (Å²) in [4.78, 5) is 5.34. The summed E-state index contributed by atoms with van der Waals surface area (Å²) in [6.07, 6.45) is 0. The molecule has 2 nitrogen and oxygen atoms in total. The van der Waals surface area contributed by atoms with Gasteiger partial charge in [0.1, 0.15) is 0 Å². The molecule has 1 aliphatic carbocycles. The quantitative estimate of drug-likeness (QED) is 0.155. The molecule has 0 radical (unpaired) electrons. The van der Waals surface area contributed by atoms with Crippen LogP contribution in [-0.2, 0) is 5.41 Å². The van der Waals surface area contributed by atoms with Crippen molar-refractivity contribution in [3.05, 3.63) is 210 Å². The number of hydrogen-bond donors (Lipinski definition) is 0. The molecule has 0 saturated carbocycles. The van der Waals surface area contributed by atoms with E-state index in [1.807, 2.05) is 11.3 Å². The van der Waals surface area contributed by atoms with Crippen LogP contribution in [0.15, 0.2) is 188 Å². The van der Waals surface area contributed by atoms with Crippen molar-refractivity contribution in [2.24, 2.45) is 0 Å². The first-order valence-corrected chi connectivity index (χ1v) is 20.7. The second kappa shape index (κ2) is 10.7. The highest BCUT2D eigenvalue weighted by atomic mass is 32.1. The van der Waals surface area contributed by atoms with Crippen LogP contribution in [0.25, 0.3) is 53.2 Å². The van der Waals surface area contributed by atoms with Gasteiger partial charge in [-0.15, -0.1) is 11.3 Å². The van der Waals surface area contributed by atoms with Crippen molar-refractivity contribution in [1.82, 2.24) is 0 Å². The highest BCUT2D eigenvalue weighted by Crippen LogP contribution is 2.64. The third-order valence-corrected chi connectivity index (χ3v) is 14.6. The molecule has 10 aromatic rings. The molecule has 0 unspecified atom stereocenters. The molecule has 4 heterocycles. The van der Waals surface area contributed by atoms with E-state index in [4.69, 9.17) is 0 Å². The van der Waals surface area contributed by atoms with Crippen LogP contribution in [0.5, 0.6) is 0 Å². The molecule has 3 aliphatic heterocycles. The van der Waals surface area contributed by atoms with E-state index in [0.717, 1.165) is 0 Å². The van der Waals surface area contributed by atoms with Crippen LogP contribution in [0.1, 0.15) is 22.3 Å². The number of thiophene rings is 1. The number of rotatable bonds is 1. The van der Waals surface area contributed by atoms with Gasteiger partial charge in [0, 0.05) is 43.8 Å². The van der Waals surface area contributed by atoms with E-state index in [0.29, 0.717) is 0 Å². The van der Waals surface area contributed by atoms with Gasteiger partial charge in [-0.1, -0.05) is 158 Å². The number of nitrogens with zero attached hydrogens (tertiary/aromatic N) is 2. The summed E-state index contributed by atoms with van der Waals surface area (Å²) in [5.41, 5.74) is 19.2. The largest absolute Gasteiger partial charge is 0.375 e. The Bertz CT molecular complexity index is 3370. The van der Waals surface area contributed by atoms with E-state index in [9.17, 15) is 0 Å². The Morgan fingerprint density at radius 3 is 1.86 bits per heavy atom. The van der Waals surface area contributed by atoms with Gasteiger partial charge in [0.2, 0.25) is 0 Å². The second-order valence-corrected chi connectivity index (χ2v) is 16.9. The van der Waals surface area contributed by atoms with Crippen molar-refractivity contribution in [2.75, 3.05) is 9.71 Å². The molecule has 0 saturated heterocycles.